The second-order valence-electron chi connectivity index (χ2n) is 5.24. The molecule has 2 heterocycles. The molecule has 0 fully saturated rings. The summed E-state index contributed by atoms with van der Waals surface area (Å²) in [6.45, 7) is 8.85. The van der Waals surface area contributed by atoms with Crippen molar-refractivity contribution >= 4 is 6.08 Å². The van der Waals surface area contributed by atoms with Crippen molar-refractivity contribution in [1.82, 2.24) is 0 Å². The van der Waals surface area contributed by atoms with Crippen molar-refractivity contribution in [3.05, 3.63) is 53.5 Å². The van der Waals surface area contributed by atoms with Gasteiger partial charge >= 0.3 is 0 Å². The molecule has 0 amide bonds. The maximum absolute atomic E-state index is 5.81. The lowest BCUT2D eigenvalue weighted by atomic mass is 10.0. The average Bonchev–Trinajstić information content (AvgIpc) is 2.97. The van der Waals surface area contributed by atoms with Crippen molar-refractivity contribution in [1.29, 1.82) is 0 Å². The number of rotatable bonds is 4. The first kappa shape index (κ1) is 14.6. The highest BCUT2D eigenvalue weighted by molar-refractivity contribution is 5.57. The summed E-state index contributed by atoms with van der Waals surface area (Å²) in [5, 5.41) is 0. The van der Waals surface area contributed by atoms with E-state index in [1.807, 2.05) is 44.2 Å². The third-order valence-electron chi connectivity index (χ3n) is 3.74. The molecule has 1 aromatic rings. The van der Waals surface area contributed by atoms with Crippen LogP contribution in [0.3, 0.4) is 0 Å². The molecule has 0 saturated carbocycles. The highest BCUT2D eigenvalue weighted by atomic mass is 16.7. The number of fused-ring (bicyclic) bond motifs is 1. The molecule has 0 aromatic heterocycles. The van der Waals surface area contributed by atoms with Gasteiger partial charge in [-0.3, -0.25) is 0 Å². The van der Waals surface area contributed by atoms with Crippen molar-refractivity contribution in [3.63, 3.8) is 0 Å². The first-order valence-electron chi connectivity index (χ1n) is 7.43. The van der Waals surface area contributed by atoms with E-state index in [2.05, 4.69) is 6.58 Å². The van der Waals surface area contributed by atoms with Crippen LogP contribution in [-0.2, 0) is 9.47 Å². The molecule has 3 rings (SSSR count). The summed E-state index contributed by atoms with van der Waals surface area (Å²) in [7, 11) is 0. The molecular formula is C18H20O4. The van der Waals surface area contributed by atoms with Gasteiger partial charge in [0.05, 0.1) is 6.61 Å². The van der Waals surface area contributed by atoms with Gasteiger partial charge in [-0.25, -0.2) is 0 Å². The van der Waals surface area contributed by atoms with Crippen LogP contribution >= 0.6 is 0 Å². The topological polar surface area (TPSA) is 36.9 Å². The number of hydrogen-bond acceptors (Lipinski definition) is 4. The predicted molar refractivity (Wildman–Crippen MR) is 84.6 cm³/mol. The van der Waals surface area contributed by atoms with Crippen LogP contribution in [0.1, 0.15) is 25.8 Å². The van der Waals surface area contributed by atoms with Crippen molar-refractivity contribution in [2.45, 2.75) is 26.4 Å². The summed E-state index contributed by atoms with van der Waals surface area (Å²) >= 11 is 0. The van der Waals surface area contributed by atoms with Crippen LogP contribution in [0.15, 0.2) is 47.9 Å². The molecule has 2 aliphatic rings. The summed E-state index contributed by atoms with van der Waals surface area (Å²) in [4.78, 5) is 0. The summed E-state index contributed by atoms with van der Waals surface area (Å²) in [6.07, 6.45) is 4.70. The molecule has 0 bridgehead atoms. The maximum Gasteiger partial charge on any atom is 0.231 e. The molecule has 0 N–H and O–H groups in total. The molecule has 4 nitrogen and oxygen atoms in total. The van der Waals surface area contributed by atoms with E-state index in [1.54, 1.807) is 0 Å². The van der Waals surface area contributed by atoms with E-state index >= 15 is 0 Å². The Balaban J connectivity index is 1.72. The van der Waals surface area contributed by atoms with E-state index < -0.39 is 0 Å². The highest BCUT2D eigenvalue weighted by Crippen LogP contribution is 2.33. The van der Waals surface area contributed by atoms with E-state index in [0.717, 1.165) is 34.8 Å². The molecule has 0 aliphatic carbocycles. The van der Waals surface area contributed by atoms with Crippen LogP contribution in [0, 0.1) is 0 Å². The molecule has 116 valence electrons. The van der Waals surface area contributed by atoms with Crippen LogP contribution in [0.25, 0.3) is 6.08 Å². The first-order valence-corrected chi connectivity index (χ1v) is 7.43. The molecular weight excluding hydrogens is 280 g/mol. The van der Waals surface area contributed by atoms with Gasteiger partial charge in [0.2, 0.25) is 6.79 Å². The lowest BCUT2D eigenvalue weighted by molar-refractivity contribution is 0.108. The Kier molecular flexibility index (Phi) is 4.09. The quantitative estimate of drug-likeness (QED) is 0.841. The van der Waals surface area contributed by atoms with Crippen LogP contribution in [-0.4, -0.2) is 19.5 Å². The summed E-state index contributed by atoms with van der Waals surface area (Å²) in [6, 6.07) is 5.87. The Morgan fingerprint density at radius 3 is 2.95 bits per heavy atom. The lowest BCUT2D eigenvalue weighted by Gasteiger charge is -2.26. The number of ether oxygens (including phenoxy) is 4. The zero-order valence-electron chi connectivity index (χ0n) is 12.9. The fourth-order valence-electron chi connectivity index (χ4n) is 2.49. The van der Waals surface area contributed by atoms with Crippen molar-refractivity contribution in [2.75, 3.05) is 13.4 Å². The summed E-state index contributed by atoms with van der Waals surface area (Å²) < 4.78 is 22.2. The SMILES string of the molecule is C=C1OC(/C=C/c2ccc3c(c2)OCO3)CC(OCC)=C1C. The van der Waals surface area contributed by atoms with E-state index in [-0.39, 0.29) is 12.9 Å². The van der Waals surface area contributed by atoms with Crippen LogP contribution in [0.5, 0.6) is 11.5 Å². The molecule has 4 heteroatoms. The predicted octanol–water partition coefficient (Wildman–Crippen LogP) is 4.04. The molecule has 0 spiro atoms. The van der Waals surface area contributed by atoms with E-state index in [4.69, 9.17) is 18.9 Å². The minimum absolute atomic E-state index is 0.0665. The van der Waals surface area contributed by atoms with Gasteiger partial charge < -0.3 is 18.9 Å². The van der Waals surface area contributed by atoms with Crippen LogP contribution < -0.4 is 9.47 Å². The summed E-state index contributed by atoms with van der Waals surface area (Å²) in [5.41, 5.74) is 2.04. The number of benzene rings is 1. The number of allylic oxidation sites excluding steroid dienone is 1. The van der Waals surface area contributed by atoms with Crippen molar-refractivity contribution in [3.8, 4) is 11.5 Å². The van der Waals surface area contributed by atoms with Crippen LogP contribution in [0.4, 0.5) is 0 Å². The van der Waals surface area contributed by atoms with Crippen LogP contribution in [0.2, 0.25) is 0 Å². The third-order valence-corrected chi connectivity index (χ3v) is 3.74. The molecule has 0 saturated heterocycles. The van der Waals surface area contributed by atoms with Gasteiger partial charge in [0, 0.05) is 12.0 Å². The Morgan fingerprint density at radius 1 is 1.32 bits per heavy atom. The average molecular weight is 300 g/mol. The molecule has 1 unspecified atom stereocenters. The Morgan fingerprint density at radius 2 is 2.14 bits per heavy atom. The molecule has 1 atom stereocenters. The Labute approximate surface area is 130 Å². The second-order valence-corrected chi connectivity index (χ2v) is 5.24. The largest absolute Gasteiger partial charge is 0.498 e. The lowest BCUT2D eigenvalue weighted by Crippen LogP contribution is -2.18. The fraction of sp³-hybridized carbons (Fsp3) is 0.333. The van der Waals surface area contributed by atoms with E-state index in [0.29, 0.717) is 12.4 Å². The van der Waals surface area contributed by atoms with Gasteiger partial charge in [0.25, 0.3) is 0 Å². The normalized spacial score (nSPS) is 20.5. The Bertz CT molecular complexity index is 642. The fourth-order valence-corrected chi connectivity index (χ4v) is 2.49. The Hall–Kier alpha value is -2.36. The van der Waals surface area contributed by atoms with Gasteiger partial charge in [-0.2, -0.15) is 0 Å². The molecule has 1 aromatic carbocycles. The first-order chi connectivity index (χ1) is 10.7. The molecule has 2 aliphatic heterocycles. The molecule has 0 radical (unpaired) electrons. The minimum Gasteiger partial charge on any atom is -0.498 e. The maximum atomic E-state index is 5.81. The summed E-state index contributed by atoms with van der Waals surface area (Å²) in [5.74, 6) is 3.20. The van der Waals surface area contributed by atoms with Crippen molar-refractivity contribution in [2.24, 2.45) is 0 Å². The zero-order valence-corrected chi connectivity index (χ0v) is 12.9. The smallest absolute Gasteiger partial charge is 0.231 e. The van der Waals surface area contributed by atoms with Crippen molar-refractivity contribution < 1.29 is 18.9 Å². The standard InChI is InChI=1S/C18H20O4/c1-4-19-17-10-15(22-13(3)12(17)2)7-5-14-6-8-16-18(9-14)21-11-20-16/h5-9,15H,3-4,10-11H2,1-2H3/b7-5+. The van der Waals surface area contributed by atoms with Gasteiger partial charge in [0.15, 0.2) is 11.5 Å². The van der Waals surface area contributed by atoms with Gasteiger partial charge in [0.1, 0.15) is 17.6 Å². The zero-order chi connectivity index (χ0) is 15.5. The monoisotopic (exact) mass is 300 g/mol. The minimum atomic E-state index is -0.0665. The highest BCUT2D eigenvalue weighted by Gasteiger charge is 2.22. The number of hydrogen-bond donors (Lipinski definition) is 0. The van der Waals surface area contributed by atoms with Gasteiger partial charge in [-0.1, -0.05) is 18.7 Å². The van der Waals surface area contributed by atoms with Gasteiger partial charge in [-0.15, -0.1) is 0 Å². The molecule has 22 heavy (non-hydrogen) atoms. The van der Waals surface area contributed by atoms with E-state index in [9.17, 15) is 0 Å². The second kappa shape index (κ2) is 6.18. The third kappa shape index (κ3) is 2.96. The van der Waals surface area contributed by atoms with E-state index in [1.165, 1.54) is 0 Å². The van der Waals surface area contributed by atoms with Gasteiger partial charge in [-0.05, 0) is 37.6 Å².